The van der Waals surface area contributed by atoms with Gasteiger partial charge in [-0.2, -0.15) is 10.2 Å². The van der Waals surface area contributed by atoms with Crippen LogP contribution in [-0.2, 0) is 26.0 Å². The van der Waals surface area contributed by atoms with Crippen molar-refractivity contribution in [2.45, 2.75) is 52.7 Å². The molecule has 11 heteroatoms. The fourth-order valence-corrected chi connectivity index (χ4v) is 6.44. The van der Waals surface area contributed by atoms with Crippen molar-refractivity contribution in [1.29, 1.82) is 5.26 Å². The van der Waals surface area contributed by atoms with Crippen molar-refractivity contribution in [2.24, 2.45) is 5.41 Å². The maximum absolute atomic E-state index is 12.9. The molecule has 0 amide bonds. The molecule has 0 aliphatic heterocycles. The van der Waals surface area contributed by atoms with Gasteiger partial charge < -0.3 is 14.0 Å². The minimum atomic E-state index is -3.79. The van der Waals surface area contributed by atoms with Crippen molar-refractivity contribution in [3.05, 3.63) is 53.1 Å². The van der Waals surface area contributed by atoms with Gasteiger partial charge in [-0.05, 0) is 69.9 Å². The summed E-state index contributed by atoms with van der Waals surface area (Å²) in [6.45, 7) is 6.85. The average Bonchev–Trinajstić information content (AvgIpc) is 3.50. The summed E-state index contributed by atoms with van der Waals surface area (Å²) < 4.78 is 44.5. The number of ether oxygens (including phenoxy) is 2. The van der Waals surface area contributed by atoms with Crippen LogP contribution in [0.5, 0.6) is 5.75 Å². The van der Waals surface area contributed by atoms with Crippen LogP contribution in [0.4, 0.5) is 0 Å². The number of rotatable bonds is 9. The zero-order chi connectivity index (χ0) is 27.7. The first-order chi connectivity index (χ1) is 17.9. The first-order valence-electron chi connectivity index (χ1n) is 12.2. The fourth-order valence-electron chi connectivity index (χ4n) is 4.61. The van der Waals surface area contributed by atoms with Crippen LogP contribution in [-0.4, -0.2) is 43.5 Å². The minimum Gasteiger partial charge on any atom is -0.490 e. The molecule has 3 aromatic rings. The van der Waals surface area contributed by atoms with Crippen LogP contribution in [0.3, 0.4) is 0 Å². The molecule has 0 saturated carbocycles. The van der Waals surface area contributed by atoms with Gasteiger partial charge >= 0.3 is 5.97 Å². The van der Waals surface area contributed by atoms with Crippen LogP contribution in [0, 0.1) is 16.7 Å². The Balaban J connectivity index is 1.58. The van der Waals surface area contributed by atoms with E-state index in [0.717, 1.165) is 16.7 Å². The summed E-state index contributed by atoms with van der Waals surface area (Å²) in [5.74, 6) is 0.126. The van der Waals surface area contributed by atoms with Gasteiger partial charge in [0.1, 0.15) is 11.8 Å². The molecule has 0 bridgehead atoms. The van der Waals surface area contributed by atoms with Crippen molar-refractivity contribution >= 4 is 16.0 Å². The highest BCUT2D eigenvalue weighted by molar-refractivity contribution is 7.89. The summed E-state index contributed by atoms with van der Waals surface area (Å²) in [6, 6.07) is 12.4. The number of sulfonamides is 1. The lowest BCUT2D eigenvalue weighted by Crippen LogP contribution is -2.39. The number of hydrogen-bond acceptors (Lipinski definition) is 9. The highest BCUT2D eigenvalue weighted by atomic mass is 32.2. The molecule has 2 aromatic carbocycles. The number of esters is 1. The Morgan fingerprint density at radius 2 is 2.05 bits per heavy atom. The van der Waals surface area contributed by atoms with Gasteiger partial charge in [0.15, 0.2) is 0 Å². The van der Waals surface area contributed by atoms with Crippen molar-refractivity contribution in [3.8, 4) is 34.7 Å². The molecule has 0 radical (unpaired) electrons. The molecule has 1 heterocycles. The molecule has 0 fully saturated rings. The van der Waals surface area contributed by atoms with E-state index in [1.165, 1.54) is 21.0 Å². The van der Waals surface area contributed by atoms with E-state index in [4.69, 9.17) is 14.0 Å². The van der Waals surface area contributed by atoms with Crippen LogP contribution in [0.1, 0.15) is 56.8 Å². The van der Waals surface area contributed by atoms with E-state index in [9.17, 15) is 18.5 Å². The second-order valence-corrected chi connectivity index (χ2v) is 11.9. The predicted molar refractivity (Wildman–Crippen MR) is 139 cm³/mol. The summed E-state index contributed by atoms with van der Waals surface area (Å²) in [5.41, 5.74) is 2.27. The van der Waals surface area contributed by atoms with Crippen molar-refractivity contribution < 1.29 is 27.2 Å². The normalized spacial score (nSPS) is 15.2. The molecule has 200 valence electrons. The van der Waals surface area contributed by atoms with Gasteiger partial charge in [0.05, 0.1) is 29.9 Å². The summed E-state index contributed by atoms with van der Waals surface area (Å²) in [4.78, 5) is 16.5. The summed E-state index contributed by atoms with van der Waals surface area (Å²) in [7, 11) is -2.55. The van der Waals surface area contributed by atoms with E-state index in [0.29, 0.717) is 35.5 Å². The van der Waals surface area contributed by atoms with Crippen LogP contribution in [0.25, 0.3) is 22.8 Å². The van der Waals surface area contributed by atoms with E-state index in [1.54, 1.807) is 18.2 Å². The third-order valence-corrected chi connectivity index (χ3v) is 8.00. The van der Waals surface area contributed by atoms with Crippen LogP contribution >= 0.6 is 0 Å². The van der Waals surface area contributed by atoms with Gasteiger partial charge in [-0.25, -0.2) is 13.1 Å². The molecule has 1 aliphatic rings. The Morgan fingerprint density at radius 1 is 1.29 bits per heavy atom. The van der Waals surface area contributed by atoms with Crippen LogP contribution in [0.15, 0.2) is 40.9 Å². The van der Waals surface area contributed by atoms with Gasteiger partial charge in [0.2, 0.25) is 15.8 Å². The lowest BCUT2D eigenvalue weighted by molar-refractivity contribution is -0.149. The number of methoxy groups -OCH3 is 1. The SMILES string of the molecule is COC(=O)C(C)(C)CS(=O)(=O)N[C@H]1CCc2c(-c3noc(-c4ccc(OC(C)C)c(C#N)c4)n3)cccc21. The van der Waals surface area contributed by atoms with Gasteiger partial charge in [0, 0.05) is 17.2 Å². The number of nitrogens with one attached hydrogen (secondary N) is 1. The Morgan fingerprint density at radius 3 is 2.74 bits per heavy atom. The second kappa shape index (κ2) is 10.6. The molecule has 0 spiro atoms. The zero-order valence-corrected chi connectivity index (χ0v) is 22.8. The molecule has 0 unspecified atom stereocenters. The maximum atomic E-state index is 12.9. The number of nitrogens with zero attached hydrogens (tertiary/aromatic N) is 3. The lowest BCUT2D eigenvalue weighted by atomic mass is 9.97. The minimum absolute atomic E-state index is 0.0734. The molecule has 1 N–H and O–H groups in total. The number of carbonyl (C=O) groups is 1. The fraction of sp³-hybridized carbons (Fsp3) is 0.407. The number of aromatic nitrogens is 2. The van der Waals surface area contributed by atoms with Crippen LogP contribution in [0.2, 0.25) is 0 Å². The Kier molecular flexibility index (Phi) is 7.58. The van der Waals surface area contributed by atoms with E-state index in [-0.39, 0.29) is 12.0 Å². The summed E-state index contributed by atoms with van der Waals surface area (Å²) in [6.07, 6.45) is 1.09. The van der Waals surface area contributed by atoms with Gasteiger partial charge in [0.25, 0.3) is 5.89 Å². The smallest absolute Gasteiger partial charge is 0.312 e. The molecule has 1 aliphatic carbocycles. The topological polar surface area (TPSA) is 144 Å². The van der Waals surface area contributed by atoms with Gasteiger partial charge in [-0.15, -0.1) is 0 Å². The molecule has 4 rings (SSSR count). The number of benzene rings is 2. The number of carbonyl (C=O) groups excluding carboxylic acids is 1. The largest absolute Gasteiger partial charge is 0.490 e. The van der Waals surface area contributed by atoms with E-state index >= 15 is 0 Å². The van der Waals surface area contributed by atoms with E-state index in [2.05, 4.69) is 20.9 Å². The monoisotopic (exact) mass is 538 g/mol. The first kappa shape index (κ1) is 27.3. The third kappa shape index (κ3) is 5.71. The lowest BCUT2D eigenvalue weighted by Gasteiger charge is -2.23. The Hall–Kier alpha value is -3.75. The molecular formula is C27H30N4O6S. The van der Waals surface area contributed by atoms with Crippen molar-refractivity contribution in [3.63, 3.8) is 0 Å². The number of hydrogen-bond donors (Lipinski definition) is 1. The summed E-state index contributed by atoms with van der Waals surface area (Å²) >= 11 is 0. The summed E-state index contributed by atoms with van der Waals surface area (Å²) in [5, 5.41) is 13.7. The second-order valence-electron chi connectivity index (χ2n) is 10.1. The third-order valence-electron chi connectivity index (χ3n) is 6.26. The molecule has 1 aromatic heterocycles. The molecule has 0 saturated heterocycles. The Bertz CT molecular complexity index is 1500. The Labute approximate surface area is 222 Å². The van der Waals surface area contributed by atoms with Crippen molar-refractivity contribution in [1.82, 2.24) is 14.9 Å². The van der Waals surface area contributed by atoms with Crippen LogP contribution < -0.4 is 9.46 Å². The maximum Gasteiger partial charge on any atom is 0.312 e. The molecule has 38 heavy (non-hydrogen) atoms. The highest BCUT2D eigenvalue weighted by Gasteiger charge is 2.37. The molecule has 1 atom stereocenters. The van der Waals surface area contributed by atoms with E-state index < -0.39 is 33.2 Å². The number of nitriles is 1. The van der Waals surface area contributed by atoms with Crippen molar-refractivity contribution in [2.75, 3.05) is 12.9 Å². The predicted octanol–water partition coefficient (Wildman–Crippen LogP) is 4.17. The highest BCUT2D eigenvalue weighted by Crippen LogP contribution is 2.38. The van der Waals surface area contributed by atoms with E-state index in [1.807, 2.05) is 32.0 Å². The van der Waals surface area contributed by atoms with Gasteiger partial charge in [-0.1, -0.05) is 23.4 Å². The molecule has 10 nitrogen and oxygen atoms in total. The standard InChI is InChI=1S/C27H30N4O6S/c1-16(2)36-23-12-9-17(13-18(23)14-28)25-29-24(30-37-25)21-8-6-7-20-19(21)10-11-22(20)31-38(33,34)15-27(3,4)26(32)35-5/h6-9,12-13,16,22,31H,10-11,15H2,1-5H3/t22-/m0/s1. The zero-order valence-electron chi connectivity index (χ0n) is 21.9. The molecular weight excluding hydrogens is 508 g/mol. The first-order valence-corrected chi connectivity index (χ1v) is 13.8. The number of fused-ring (bicyclic) bond motifs is 1. The average molecular weight is 539 g/mol. The van der Waals surface area contributed by atoms with Gasteiger partial charge in [-0.3, -0.25) is 4.79 Å². The quantitative estimate of drug-likeness (QED) is 0.397.